The first-order valence-electron chi connectivity index (χ1n) is 3.69. The largest absolute Gasteiger partial charge is 0.480 e. The minimum absolute atomic E-state index is 0.262. The predicted octanol–water partition coefficient (Wildman–Crippen LogP) is -0.700. The molecule has 0 saturated carbocycles. The van der Waals surface area contributed by atoms with Gasteiger partial charge in [0.05, 0.1) is 0 Å². The summed E-state index contributed by atoms with van der Waals surface area (Å²) in [6, 6.07) is -0.969. The summed E-state index contributed by atoms with van der Waals surface area (Å²) in [6.07, 6.45) is 0.605. The lowest BCUT2D eigenvalue weighted by atomic mass is 10.3. The van der Waals surface area contributed by atoms with Crippen molar-refractivity contribution in [1.82, 2.24) is 5.32 Å². The topological polar surface area (TPSA) is 86.6 Å². The van der Waals surface area contributed by atoms with Crippen molar-refractivity contribution in [2.24, 2.45) is 0 Å². The van der Waals surface area contributed by atoms with Crippen LogP contribution in [0.15, 0.2) is 0 Å². The molecule has 0 rings (SSSR count). The van der Waals surface area contributed by atoms with Gasteiger partial charge in [0, 0.05) is 5.75 Å². The first-order valence-corrected chi connectivity index (χ1v) is 5.08. The number of amides is 1. The summed E-state index contributed by atoms with van der Waals surface area (Å²) >= 11 is 1.32. The molecular weight excluding hydrogens is 194 g/mol. The van der Waals surface area contributed by atoms with Gasteiger partial charge in [0.25, 0.3) is 0 Å². The number of aliphatic hydroxyl groups is 1. The van der Waals surface area contributed by atoms with Gasteiger partial charge in [-0.3, -0.25) is 9.59 Å². The maximum Gasteiger partial charge on any atom is 0.325 e. The minimum atomic E-state index is -1.14. The molecule has 0 heterocycles. The van der Waals surface area contributed by atoms with Crippen molar-refractivity contribution in [3.63, 3.8) is 0 Å². The fourth-order valence-corrected chi connectivity index (χ4v) is 1.07. The van der Waals surface area contributed by atoms with Gasteiger partial charge in [-0.1, -0.05) is 0 Å². The molecule has 1 amide bonds. The van der Waals surface area contributed by atoms with E-state index in [9.17, 15) is 9.59 Å². The second-order valence-electron chi connectivity index (χ2n) is 2.54. The fraction of sp³-hybridized carbons (Fsp3) is 0.714. The highest BCUT2D eigenvalue weighted by Gasteiger charge is 2.19. The molecule has 5 nitrogen and oxygen atoms in total. The van der Waals surface area contributed by atoms with Crippen LogP contribution in [0.1, 0.15) is 6.92 Å². The highest BCUT2D eigenvalue weighted by molar-refractivity contribution is 7.98. The van der Waals surface area contributed by atoms with Crippen LogP contribution >= 0.6 is 11.8 Å². The Hall–Kier alpha value is -0.750. The van der Waals surface area contributed by atoms with Gasteiger partial charge in [0.2, 0.25) is 5.91 Å². The molecule has 0 saturated heterocycles. The van der Waals surface area contributed by atoms with Crippen molar-refractivity contribution in [2.75, 3.05) is 12.0 Å². The summed E-state index contributed by atoms with van der Waals surface area (Å²) in [5.74, 6) is -1.51. The zero-order valence-corrected chi connectivity index (χ0v) is 8.30. The normalized spacial score (nSPS) is 14.7. The first-order chi connectivity index (χ1) is 5.99. The molecule has 0 aliphatic carbocycles. The smallest absolute Gasteiger partial charge is 0.325 e. The molecule has 0 aromatic heterocycles. The number of thioether (sulfide) groups is 1. The third-order valence-electron chi connectivity index (χ3n) is 1.36. The molecule has 0 bridgehead atoms. The molecule has 0 aromatic carbocycles. The van der Waals surface area contributed by atoms with Gasteiger partial charge in [-0.25, -0.2) is 0 Å². The lowest BCUT2D eigenvalue weighted by molar-refractivity contribution is -0.142. The summed E-state index contributed by atoms with van der Waals surface area (Å²) in [7, 11) is 0. The van der Waals surface area contributed by atoms with Crippen LogP contribution in [0.3, 0.4) is 0 Å². The van der Waals surface area contributed by atoms with Gasteiger partial charge in [0.15, 0.2) is 0 Å². The van der Waals surface area contributed by atoms with Crippen LogP contribution in [0.25, 0.3) is 0 Å². The van der Waals surface area contributed by atoms with Crippen LogP contribution in [0.4, 0.5) is 0 Å². The van der Waals surface area contributed by atoms with Gasteiger partial charge in [-0.15, -0.1) is 0 Å². The van der Waals surface area contributed by atoms with Crippen LogP contribution in [0.5, 0.6) is 0 Å². The van der Waals surface area contributed by atoms with Crippen molar-refractivity contribution in [2.45, 2.75) is 19.1 Å². The third-order valence-corrected chi connectivity index (χ3v) is 2.01. The van der Waals surface area contributed by atoms with Crippen LogP contribution < -0.4 is 5.32 Å². The van der Waals surface area contributed by atoms with Crippen molar-refractivity contribution >= 4 is 23.6 Å². The van der Waals surface area contributed by atoms with E-state index in [-0.39, 0.29) is 5.75 Å². The molecule has 2 atom stereocenters. The Labute approximate surface area is 80.5 Å². The van der Waals surface area contributed by atoms with E-state index in [1.165, 1.54) is 18.7 Å². The van der Waals surface area contributed by atoms with E-state index < -0.39 is 24.0 Å². The lowest BCUT2D eigenvalue weighted by Crippen LogP contribution is -2.44. The molecule has 6 heteroatoms. The van der Waals surface area contributed by atoms with Crippen LogP contribution in [0.2, 0.25) is 0 Å². The van der Waals surface area contributed by atoms with E-state index in [4.69, 9.17) is 10.2 Å². The molecule has 0 radical (unpaired) electrons. The Morgan fingerprint density at radius 1 is 1.54 bits per heavy atom. The van der Waals surface area contributed by atoms with E-state index in [2.05, 4.69) is 5.32 Å². The zero-order valence-electron chi connectivity index (χ0n) is 7.48. The molecule has 0 spiro atoms. The number of rotatable bonds is 5. The average molecular weight is 207 g/mol. The molecular formula is C7H13NO4S. The number of carboxylic acid groups (broad SMARTS) is 1. The van der Waals surface area contributed by atoms with Crippen molar-refractivity contribution in [3.05, 3.63) is 0 Å². The SMILES string of the molecule is CSCC(O)C(=O)NC(C)C(=O)O. The quantitative estimate of drug-likeness (QED) is 0.555. The Morgan fingerprint density at radius 3 is 2.46 bits per heavy atom. The lowest BCUT2D eigenvalue weighted by Gasteiger charge is -2.12. The minimum Gasteiger partial charge on any atom is -0.480 e. The summed E-state index contributed by atoms with van der Waals surface area (Å²) in [4.78, 5) is 21.3. The standard InChI is InChI=1S/C7H13NO4S/c1-4(7(11)12)8-6(10)5(9)3-13-2/h4-5,9H,3H2,1-2H3,(H,8,10)(H,11,12). The van der Waals surface area contributed by atoms with Crippen LogP contribution in [-0.4, -0.2) is 46.2 Å². The molecule has 0 aliphatic rings. The Bertz CT molecular complexity index is 197. The molecule has 3 N–H and O–H groups in total. The second kappa shape index (κ2) is 5.82. The van der Waals surface area contributed by atoms with Gasteiger partial charge in [-0.2, -0.15) is 11.8 Å². The number of hydrogen-bond donors (Lipinski definition) is 3. The number of aliphatic carboxylic acids is 1. The van der Waals surface area contributed by atoms with Gasteiger partial charge >= 0.3 is 5.97 Å². The Kier molecular flexibility index (Phi) is 5.48. The third kappa shape index (κ3) is 4.74. The number of nitrogens with one attached hydrogen (secondary N) is 1. The Balaban J connectivity index is 3.92. The van der Waals surface area contributed by atoms with E-state index in [1.54, 1.807) is 6.26 Å². The summed E-state index contributed by atoms with van der Waals surface area (Å²) in [5, 5.41) is 19.7. The molecule has 2 unspecified atom stereocenters. The maximum absolute atomic E-state index is 11.0. The van der Waals surface area contributed by atoms with Crippen molar-refractivity contribution in [3.8, 4) is 0 Å². The van der Waals surface area contributed by atoms with Gasteiger partial charge in [0.1, 0.15) is 12.1 Å². The predicted molar refractivity (Wildman–Crippen MR) is 49.6 cm³/mol. The number of carbonyl (C=O) groups excluding carboxylic acids is 1. The number of hydrogen-bond acceptors (Lipinski definition) is 4. The van der Waals surface area contributed by atoms with E-state index in [0.717, 1.165) is 0 Å². The number of carboxylic acids is 1. The number of carbonyl (C=O) groups is 2. The second-order valence-corrected chi connectivity index (χ2v) is 3.45. The highest BCUT2D eigenvalue weighted by atomic mass is 32.2. The molecule has 13 heavy (non-hydrogen) atoms. The molecule has 0 fully saturated rings. The molecule has 76 valence electrons. The average Bonchev–Trinajstić information content (AvgIpc) is 2.04. The van der Waals surface area contributed by atoms with Crippen molar-refractivity contribution < 1.29 is 19.8 Å². The van der Waals surface area contributed by atoms with Crippen LogP contribution in [0, 0.1) is 0 Å². The summed E-state index contributed by atoms with van der Waals surface area (Å²) < 4.78 is 0. The summed E-state index contributed by atoms with van der Waals surface area (Å²) in [6.45, 7) is 1.34. The highest BCUT2D eigenvalue weighted by Crippen LogP contribution is 1.97. The van der Waals surface area contributed by atoms with Gasteiger partial charge < -0.3 is 15.5 Å². The number of aliphatic hydroxyl groups excluding tert-OH is 1. The van der Waals surface area contributed by atoms with Gasteiger partial charge in [-0.05, 0) is 13.2 Å². The van der Waals surface area contributed by atoms with E-state index in [0.29, 0.717) is 0 Å². The van der Waals surface area contributed by atoms with E-state index >= 15 is 0 Å². The fourth-order valence-electron chi connectivity index (χ4n) is 0.605. The monoisotopic (exact) mass is 207 g/mol. The first kappa shape index (κ1) is 12.2. The van der Waals surface area contributed by atoms with E-state index in [1.807, 2.05) is 0 Å². The zero-order chi connectivity index (χ0) is 10.4. The molecule has 0 aliphatic heterocycles. The summed E-state index contributed by atoms with van der Waals surface area (Å²) in [5.41, 5.74) is 0. The maximum atomic E-state index is 11.0. The molecule has 0 aromatic rings. The van der Waals surface area contributed by atoms with Crippen LogP contribution in [-0.2, 0) is 9.59 Å². The Morgan fingerprint density at radius 2 is 2.08 bits per heavy atom. The van der Waals surface area contributed by atoms with Crippen molar-refractivity contribution in [1.29, 1.82) is 0 Å².